The maximum Gasteiger partial charge on any atom is 0.282 e. The zero-order chi connectivity index (χ0) is 13.7. The van der Waals surface area contributed by atoms with Gasteiger partial charge in [0.1, 0.15) is 0 Å². The summed E-state index contributed by atoms with van der Waals surface area (Å²) in [4.78, 5) is 18.4. The average Bonchev–Trinajstić information content (AvgIpc) is 3.07. The second-order valence-electron chi connectivity index (χ2n) is 5.41. The van der Waals surface area contributed by atoms with E-state index in [1.807, 2.05) is 29.7 Å². The minimum absolute atomic E-state index is 0.147. The number of fused-ring (bicyclic) bond motifs is 3. The van der Waals surface area contributed by atoms with Gasteiger partial charge in [-0.05, 0) is 31.9 Å². The van der Waals surface area contributed by atoms with E-state index < -0.39 is 0 Å². The number of rotatable bonds is 1. The van der Waals surface area contributed by atoms with Gasteiger partial charge < -0.3 is 0 Å². The van der Waals surface area contributed by atoms with Gasteiger partial charge >= 0.3 is 0 Å². The maximum absolute atomic E-state index is 12.1. The molecule has 102 valence electrons. The van der Waals surface area contributed by atoms with E-state index in [4.69, 9.17) is 0 Å². The molecule has 1 atom stereocenters. The smallest absolute Gasteiger partial charge is 0.271 e. The Bertz CT molecular complexity index is 773. The van der Waals surface area contributed by atoms with Crippen molar-refractivity contribution in [3.63, 3.8) is 0 Å². The van der Waals surface area contributed by atoms with Gasteiger partial charge in [-0.2, -0.15) is 4.98 Å². The molecule has 0 amide bonds. The van der Waals surface area contributed by atoms with Crippen LogP contribution in [0.3, 0.4) is 0 Å². The fourth-order valence-electron chi connectivity index (χ4n) is 3.01. The van der Waals surface area contributed by atoms with Gasteiger partial charge in [-0.15, -0.1) is 10.2 Å². The first kappa shape index (κ1) is 11.7. The van der Waals surface area contributed by atoms with E-state index in [0.29, 0.717) is 11.3 Å². The molecule has 1 unspecified atom stereocenters. The van der Waals surface area contributed by atoms with Crippen molar-refractivity contribution >= 4 is 16.9 Å². The molecule has 1 saturated heterocycles. The Hall–Kier alpha value is -2.08. The van der Waals surface area contributed by atoms with Crippen LogP contribution in [0.25, 0.3) is 10.9 Å². The highest BCUT2D eigenvalue weighted by atomic mass is 16.1. The highest BCUT2D eigenvalue weighted by molar-refractivity contribution is 5.80. The Morgan fingerprint density at radius 2 is 2.05 bits per heavy atom. The van der Waals surface area contributed by atoms with Crippen molar-refractivity contribution in [2.75, 3.05) is 13.1 Å². The number of hydrogen-bond acceptors (Lipinski definition) is 5. The summed E-state index contributed by atoms with van der Waals surface area (Å²) >= 11 is 0. The summed E-state index contributed by atoms with van der Waals surface area (Å²) in [5, 5.41) is 9.05. The molecule has 3 heterocycles. The fourth-order valence-corrected chi connectivity index (χ4v) is 3.01. The van der Waals surface area contributed by atoms with Gasteiger partial charge in [0.2, 0.25) is 6.29 Å². The maximum atomic E-state index is 12.1. The van der Waals surface area contributed by atoms with Crippen LogP contribution < -0.4 is 5.56 Å². The van der Waals surface area contributed by atoms with Crippen LogP contribution >= 0.6 is 0 Å². The molecule has 0 saturated carbocycles. The standard InChI is InChI=1S/C14H15N5O/c1-9-4-5-11-10(8-9)12(20)15-13-16-17-14(19(11)13)18-6-2-3-7-18/h4-5,8,14H,2-3,6-7H2,1H3. The molecule has 6 nitrogen and oxygen atoms in total. The average molecular weight is 269 g/mol. The first-order chi connectivity index (χ1) is 9.74. The van der Waals surface area contributed by atoms with E-state index in [2.05, 4.69) is 20.1 Å². The lowest BCUT2D eigenvalue weighted by Crippen LogP contribution is -2.28. The van der Waals surface area contributed by atoms with Gasteiger partial charge in [0, 0.05) is 13.1 Å². The lowest BCUT2D eigenvalue weighted by atomic mass is 10.1. The number of likely N-dealkylation sites (tertiary alicyclic amines) is 1. The lowest BCUT2D eigenvalue weighted by Gasteiger charge is -2.23. The van der Waals surface area contributed by atoms with Crippen LogP contribution in [0.2, 0.25) is 0 Å². The van der Waals surface area contributed by atoms with Crippen molar-refractivity contribution in [3.05, 3.63) is 34.1 Å². The van der Waals surface area contributed by atoms with Crippen molar-refractivity contribution in [2.45, 2.75) is 26.1 Å². The predicted octanol–water partition coefficient (Wildman–Crippen LogP) is 2.35. The molecule has 2 aliphatic heterocycles. The summed E-state index contributed by atoms with van der Waals surface area (Å²) in [5.41, 5.74) is 1.70. The van der Waals surface area contributed by atoms with Crippen molar-refractivity contribution in [3.8, 4) is 0 Å². The molecule has 2 aliphatic rings. The lowest BCUT2D eigenvalue weighted by molar-refractivity contribution is 0.194. The molecule has 4 rings (SSSR count). The summed E-state index contributed by atoms with van der Waals surface area (Å²) in [6.07, 6.45) is 2.23. The van der Waals surface area contributed by atoms with Crippen LogP contribution in [0.1, 0.15) is 24.7 Å². The largest absolute Gasteiger partial charge is 0.282 e. The number of azo groups is 1. The molecule has 0 aliphatic carbocycles. The summed E-state index contributed by atoms with van der Waals surface area (Å²) in [6, 6.07) is 5.86. The highest BCUT2D eigenvalue weighted by Crippen LogP contribution is 2.33. The zero-order valence-corrected chi connectivity index (χ0v) is 11.3. The number of aromatic nitrogens is 2. The number of hydrogen-bond donors (Lipinski definition) is 0. The van der Waals surface area contributed by atoms with E-state index in [0.717, 1.165) is 24.2 Å². The third kappa shape index (κ3) is 1.61. The zero-order valence-electron chi connectivity index (χ0n) is 11.3. The van der Waals surface area contributed by atoms with Gasteiger partial charge in [0.05, 0.1) is 10.9 Å². The predicted molar refractivity (Wildman–Crippen MR) is 75.1 cm³/mol. The Balaban J connectivity index is 1.96. The second-order valence-corrected chi connectivity index (χ2v) is 5.41. The molecule has 2 aromatic rings. The van der Waals surface area contributed by atoms with Gasteiger partial charge in [-0.1, -0.05) is 11.6 Å². The third-order valence-electron chi connectivity index (χ3n) is 4.01. The molecular weight excluding hydrogens is 254 g/mol. The minimum atomic E-state index is -0.226. The second kappa shape index (κ2) is 4.21. The fraction of sp³-hybridized carbons (Fsp3) is 0.429. The molecule has 0 radical (unpaired) electrons. The van der Waals surface area contributed by atoms with Gasteiger partial charge in [0.15, 0.2) is 0 Å². The number of aryl methyl sites for hydroxylation is 1. The highest BCUT2D eigenvalue weighted by Gasteiger charge is 2.30. The molecule has 0 spiro atoms. The van der Waals surface area contributed by atoms with E-state index in [9.17, 15) is 4.79 Å². The first-order valence-corrected chi connectivity index (χ1v) is 6.92. The first-order valence-electron chi connectivity index (χ1n) is 6.92. The van der Waals surface area contributed by atoms with Gasteiger partial charge in [-0.3, -0.25) is 14.3 Å². The van der Waals surface area contributed by atoms with Crippen molar-refractivity contribution < 1.29 is 0 Å². The van der Waals surface area contributed by atoms with Crippen LogP contribution in [0.5, 0.6) is 0 Å². The monoisotopic (exact) mass is 269 g/mol. The topological polar surface area (TPSA) is 62.9 Å². The Kier molecular flexibility index (Phi) is 2.47. The van der Waals surface area contributed by atoms with E-state index >= 15 is 0 Å². The minimum Gasteiger partial charge on any atom is -0.271 e. The van der Waals surface area contributed by atoms with E-state index in [1.165, 1.54) is 12.8 Å². The molecule has 0 bridgehead atoms. The normalized spacial score (nSPS) is 21.8. The van der Waals surface area contributed by atoms with Crippen LogP contribution in [0, 0.1) is 6.92 Å². The third-order valence-corrected chi connectivity index (χ3v) is 4.01. The van der Waals surface area contributed by atoms with E-state index in [1.54, 1.807) is 0 Å². The molecule has 1 fully saturated rings. The van der Waals surface area contributed by atoms with Crippen LogP contribution in [0.4, 0.5) is 5.95 Å². The molecule has 20 heavy (non-hydrogen) atoms. The van der Waals surface area contributed by atoms with Crippen LogP contribution in [0.15, 0.2) is 33.2 Å². The summed E-state index contributed by atoms with van der Waals surface area (Å²) in [7, 11) is 0. The van der Waals surface area contributed by atoms with E-state index in [-0.39, 0.29) is 11.8 Å². The number of benzene rings is 1. The summed E-state index contributed by atoms with van der Waals surface area (Å²) in [5.74, 6) is 0.420. The SMILES string of the molecule is Cc1ccc2c(c1)c(=O)nc1n2C(N2CCCC2)N=N1. The molecular formula is C14H15N5O. The van der Waals surface area contributed by atoms with Crippen LogP contribution in [-0.4, -0.2) is 27.5 Å². The summed E-state index contributed by atoms with van der Waals surface area (Å²) in [6.45, 7) is 4.01. The Labute approximate surface area is 115 Å². The van der Waals surface area contributed by atoms with Gasteiger partial charge in [-0.25, -0.2) is 0 Å². The van der Waals surface area contributed by atoms with Crippen LogP contribution in [-0.2, 0) is 0 Å². The van der Waals surface area contributed by atoms with Crippen molar-refractivity contribution in [1.29, 1.82) is 0 Å². The quantitative estimate of drug-likeness (QED) is 0.798. The Morgan fingerprint density at radius 1 is 1.25 bits per heavy atom. The van der Waals surface area contributed by atoms with Crippen molar-refractivity contribution in [1.82, 2.24) is 14.5 Å². The molecule has 1 aromatic carbocycles. The number of nitrogens with zero attached hydrogens (tertiary/aromatic N) is 5. The van der Waals surface area contributed by atoms with Gasteiger partial charge in [0.25, 0.3) is 11.5 Å². The molecule has 0 N–H and O–H groups in total. The summed E-state index contributed by atoms with van der Waals surface area (Å²) < 4.78 is 1.97. The van der Waals surface area contributed by atoms with Crippen molar-refractivity contribution in [2.24, 2.45) is 10.2 Å². The Morgan fingerprint density at radius 3 is 2.85 bits per heavy atom. The molecule has 1 aromatic heterocycles. The molecule has 6 heteroatoms.